The second-order valence-corrected chi connectivity index (χ2v) is 7.13. The molecule has 0 radical (unpaired) electrons. The van der Waals surface area contributed by atoms with Crippen molar-refractivity contribution in [1.82, 2.24) is 4.90 Å². The molecule has 1 amide bonds. The second-order valence-electron chi connectivity index (χ2n) is 6.28. The van der Waals surface area contributed by atoms with Crippen LogP contribution >= 0.6 is 15.9 Å². The minimum Gasteiger partial charge on any atom is -0.490 e. The molecule has 0 spiro atoms. The normalized spacial score (nSPS) is 11.6. The fourth-order valence-electron chi connectivity index (χ4n) is 2.87. The first-order valence-electron chi connectivity index (χ1n) is 9.47. The molecule has 0 aliphatic rings. The number of amides is 1. The molecule has 2 rings (SSSR count). The van der Waals surface area contributed by atoms with Gasteiger partial charge in [-0.2, -0.15) is 0 Å². The van der Waals surface area contributed by atoms with Crippen molar-refractivity contribution in [3.63, 3.8) is 0 Å². The third-order valence-corrected chi connectivity index (χ3v) is 5.15. The topological polar surface area (TPSA) is 80.0 Å². The third kappa shape index (κ3) is 5.38. The van der Waals surface area contributed by atoms with Crippen molar-refractivity contribution in [2.24, 2.45) is 0 Å². The Labute approximate surface area is 173 Å². The molecule has 1 aromatic carbocycles. The van der Waals surface area contributed by atoms with E-state index >= 15 is 0 Å². The monoisotopic (exact) mass is 451 g/mol. The zero-order valence-electron chi connectivity index (χ0n) is 16.5. The van der Waals surface area contributed by atoms with Gasteiger partial charge in [0.15, 0.2) is 11.3 Å². The average molecular weight is 452 g/mol. The zero-order chi connectivity index (χ0) is 20.7. The van der Waals surface area contributed by atoms with Crippen LogP contribution in [0.1, 0.15) is 45.8 Å². The summed E-state index contributed by atoms with van der Waals surface area (Å²) in [7, 11) is 0. The molecule has 0 aliphatic carbocycles. The number of ether oxygens (including phenoxy) is 1. The van der Waals surface area contributed by atoms with Crippen molar-refractivity contribution >= 4 is 44.3 Å². The number of fused-ring (bicyclic) bond motifs is 1. The number of carbonyl (C=O) groups is 2. The number of likely N-dealkylation sites (N-methyl/N-ethyl adjacent to an activating group) is 1. The van der Waals surface area contributed by atoms with E-state index in [9.17, 15) is 9.59 Å². The first-order chi connectivity index (χ1) is 13.4. The minimum atomic E-state index is -0.847. The van der Waals surface area contributed by atoms with Crippen LogP contribution in [-0.2, 0) is 9.59 Å². The third-order valence-electron chi connectivity index (χ3n) is 4.46. The second kappa shape index (κ2) is 10.3. The summed E-state index contributed by atoms with van der Waals surface area (Å²) in [6.45, 7) is 7.48. The average Bonchev–Trinajstić information content (AvgIpc) is 3.12. The van der Waals surface area contributed by atoms with Gasteiger partial charge in [-0.05, 0) is 50.5 Å². The number of allylic oxidation sites excluding steroid dienone is 1. The largest absolute Gasteiger partial charge is 0.490 e. The molecule has 7 heteroatoms. The molecular weight excluding hydrogens is 426 g/mol. The van der Waals surface area contributed by atoms with E-state index in [1.807, 2.05) is 32.9 Å². The maximum Gasteiger partial charge on any atom is 0.303 e. The lowest BCUT2D eigenvalue weighted by Crippen LogP contribution is -2.28. The Kier molecular flexibility index (Phi) is 8.11. The van der Waals surface area contributed by atoms with Crippen LogP contribution in [0.5, 0.6) is 5.75 Å². The van der Waals surface area contributed by atoms with Crippen LogP contribution in [0.25, 0.3) is 16.5 Å². The molecule has 0 aliphatic heterocycles. The SMILES string of the molecule is CC/C(=C\C(=O)N(CC)CC)c1cc2c(Br)ccc(OCCCC(=O)O)c2o1. The van der Waals surface area contributed by atoms with Crippen LogP contribution in [0.2, 0.25) is 0 Å². The van der Waals surface area contributed by atoms with Gasteiger partial charge in [-0.1, -0.05) is 22.9 Å². The maximum atomic E-state index is 12.5. The number of rotatable bonds is 10. The Morgan fingerprint density at radius 1 is 1.25 bits per heavy atom. The Hall–Kier alpha value is -2.28. The Morgan fingerprint density at radius 3 is 2.57 bits per heavy atom. The van der Waals surface area contributed by atoms with Crippen molar-refractivity contribution in [2.45, 2.75) is 40.0 Å². The van der Waals surface area contributed by atoms with E-state index in [1.54, 1.807) is 17.0 Å². The summed E-state index contributed by atoms with van der Waals surface area (Å²) in [5.74, 6) is 0.299. The van der Waals surface area contributed by atoms with E-state index < -0.39 is 5.97 Å². The fourth-order valence-corrected chi connectivity index (χ4v) is 3.29. The number of hydrogen-bond acceptors (Lipinski definition) is 4. The predicted octanol–water partition coefficient (Wildman–Crippen LogP) is 5.10. The summed E-state index contributed by atoms with van der Waals surface area (Å²) >= 11 is 3.52. The van der Waals surface area contributed by atoms with Crippen molar-refractivity contribution in [3.8, 4) is 5.75 Å². The van der Waals surface area contributed by atoms with Gasteiger partial charge in [-0.15, -0.1) is 0 Å². The molecule has 1 aromatic heterocycles. The van der Waals surface area contributed by atoms with E-state index in [2.05, 4.69) is 15.9 Å². The minimum absolute atomic E-state index is 0.0356. The highest BCUT2D eigenvalue weighted by molar-refractivity contribution is 9.10. The first-order valence-corrected chi connectivity index (χ1v) is 10.3. The van der Waals surface area contributed by atoms with Gasteiger partial charge >= 0.3 is 5.97 Å². The molecule has 1 N–H and O–H groups in total. The van der Waals surface area contributed by atoms with Crippen LogP contribution in [0.3, 0.4) is 0 Å². The molecule has 0 fully saturated rings. The standard InChI is InChI=1S/C21H26BrNO5/c1-4-14(12-19(24)23(5-2)6-3)18-13-15-16(22)9-10-17(21(15)28-18)27-11-7-8-20(25)26/h9-10,12-13H,4-8,11H2,1-3H3,(H,25,26)/b14-12+. The molecule has 6 nitrogen and oxygen atoms in total. The predicted molar refractivity (Wildman–Crippen MR) is 112 cm³/mol. The van der Waals surface area contributed by atoms with Gasteiger partial charge in [0.2, 0.25) is 5.91 Å². The van der Waals surface area contributed by atoms with E-state index in [1.165, 1.54) is 0 Å². The van der Waals surface area contributed by atoms with Gasteiger partial charge < -0.3 is 19.2 Å². The van der Waals surface area contributed by atoms with Crippen LogP contribution < -0.4 is 4.74 Å². The van der Waals surface area contributed by atoms with Crippen LogP contribution in [0, 0.1) is 0 Å². The Balaban J connectivity index is 2.32. The maximum absolute atomic E-state index is 12.5. The van der Waals surface area contributed by atoms with Crippen molar-refractivity contribution in [1.29, 1.82) is 0 Å². The number of carboxylic acids is 1. The summed E-state index contributed by atoms with van der Waals surface area (Å²) in [6, 6.07) is 5.55. The smallest absolute Gasteiger partial charge is 0.303 e. The number of hydrogen-bond donors (Lipinski definition) is 1. The number of benzene rings is 1. The Bertz CT molecular complexity index is 867. The van der Waals surface area contributed by atoms with Gasteiger partial charge in [0.25, 0.3) is 0 Å². The van der Waals surface area contributed by atoms with Crippen LogP contribution in [-0.4, -0.2) is 41.6 Å². The molecule has 0 saturated carbocycles. The van der Waals surface area contributed by atoms with E-state index in [0.717, 1.165) is 15.4 Å². The molecule has 0 unspecified atom stereocenters. The highest BCUT2D eigenvalue weighted by atomic mass is 79.9. The molecule has 2 aromatic rings. The number of aliphatic carboxylic acids is 1. The summed E-state index contributed by atoms with van der Waals surface area (Å²) in [5, 5.41) is 9.59. The van der Waals surface area contributed by atoms with Gasteiger partial charge in [0, 0.05) is 35.4 Å². The number of carboxylic acid groups (broad SMARTS) is 1. The lowest BCUT2D eigenvalue weighted by atomic mass is 10.1. The van der Waals surface area contributed by atoms with Crippen LogP contribution in [0.4, 0.5) is 0 Å². The van der Waals surface area contributed by atoms with E-state index in [0.29, 0.717) is 43.0 Å². The highest BCUT2D eigenvalue weighted by Gasteiger charge is 2.16. The van der Waals surface area contributed by atoms with Gasteiger partial charge in [-0.25, -0.2) is 0 Å². The molecule has 28 heavy (non-hydrogen) atoms. The quantitative estimate of drug-likeness (QED) is 0.401. The number of halogens is 1. The summed E-state index contributed by atoms with van der Waals surface area (Å²) < 4.78 is 12.6. The van der Waals surface area contributed by atoms with Crippen LogP contribution in [0.15, 0.2) is 33.2 Å². The fraction of sp³-hybridized carbons (Fsp3) is 0.429. The van der Waals surface area contributed by atoms with Gasteiger partial charge in [0.1, 0.15) is 5.76 Å². The van der Waals surface area contributed by atoms with Crippen molar-refractivity contribution < 1.29 is 23.8 Å². The molecule has 1 heterocycles. The molecule has 0 atom stereocenters. The van der Waals surface area contributed by atoms with E-state index in [-0.39, 0.29) is 18.9 Å². The molecule has 0 bridgehead atoms. The lowest BCUT2D eigenvalue weighted by Gasteiger charge is -2.16. The highest BCUT2D eigenvalue weighted by Crippen LogP contribution is 2.37. The lowest BCUT2D eigenvalue weighted by molar-refractivity contribution is -0.137. The number of nitrogens with zero attached hydrogens (tertiary/aromatic N) is 1. The van der Waals surface area contributed by atoms with Crippen molar-refractivity contribution in [2.75, 3.05) is 19.7 Å². The number of carbonyl (C=O) groups excluding carboxylic acids is 1. The first kappa shape index (κ1) is 22.0. The van der Waals surface area contributed by atoms with Gasteiger partial charge in [0.05, 0.1) is 6.61 Å². The zero-order valence-corrected chi connectivity index (χ0v) is 18.0. The van der Waals surface area contributed by atoms with Crippen molar-refractivity contribution in [3.05, 3.63) is 34.5 Å². The molecule has 152 valence electrons. The summed E-state index contributed by atoms with van der Waals surface area (Å²) in [4.78, 5) is 24.8. The Morgan fingerprint density at radius 2 is 1.96 bits per heavy atom. The van der Waals surface area contributed by atoms with Gasteiger partial charge in [-0.3, -0.25) is 9.59 Å². The van der Waals surface area contributed by atoms with E-state index in [4.69, 9.17) is 14.3 Å². The molecular formula is C21H26BrNO5. The summed E-state index contributed by atoms with van der Waals surface area (Å²) in [6.07, 6.45) is 2.75. The molecule has 0 saturated heterocycles. The summed E-state index contributed by atoms with van der Waals surface area (Å²) in [5.41, 5.74) is 1.39. The number of furan rings is 1.